The topological polar surface area (TPSA) is 167 Å². The fourth-order valence-electron chi connectivity index (χ4n) is 6.86. The molecule has 1 aromatic heterocycles. The number of carbonyl (C=O) groups excluding carboxylic acids is 2. The first-order valence-electron chi connectivity index (χ1n) is 16.6. The van der Waals surface area contributed by atoms with Gasteiger partial charge in [-0.1, -0.05) is 30.3 Å². The van der Waals surface area contributed by atoms with Crippen molar-refractivity contribution in [2.45, 2.75) is 50.3 Å². The molecule has 0 unspecified atom stereocenters. The molecule has 0 bridgehead atoms. The van der Waals surface area contributed by atoms with Crippen LogP contribution < -0.4 is 16.7 Å². The third-order valence-electron chi connectivity index (χ3n) is 9.80. The lowest BCUT2D eigenvalue weighted by atomic mass is 9.77. The van der Waals surface area contributed by atoms with Gasteiger partial charge in [0.2, 0.25) is 15.9 Å². The molecule has 2 fully saturated rings. The van der Waals surface area contributed by atoms with Crippen molar-refractivity contribution in [1.29, 1.82) is 0 Å². The molecule has 254 valence electrons. The average molecular weight is 674 g/mol. The number of nitrogens with zero attached hydrogens (tertiary/aromatic N) is 1. The number of anilines is 1. The zero-order valence-electron chi connectivity index (χ0n) is 27.2. The number of imidazole rings is 1. The van der Waals surface area contributed by atoms with Crippen molar-refractivity contribution in [2.75, 3.05) is 38.2 Å². The van der Waals surface area contributed by atoms with Crippen LogP contribution in [0.1, 0.15) is 43.2 Å². The molecule has 1 aliphatic heterocycles. The molecule has 0 spiro atoms. The van der Waals surface area contributed by atoms with Gasteiger partial charge in [0.1, 0.15) is 5.78 Å². The SMILES string of the molecule is Cc1ccc(S(=O)(=O)N2CCOCC2)cc1-c1ccc(C[C@H](CC(=O)C2CCC(CN)CC2)C(=O)Nc2ccc3[nH]c(=O)[nH]c3c2)cc1. The van der Waals surface area contributed by atoms with Gasteiger partial charge in [0.15, 0.2) is 0 Å². The maximum Gasteiger partial charge on any atom is 0.323 e. The molecule has 48 heavy (non-hydrogen) atoms. The second-order valence-electron chi connectivity index (χ2n) is 13.0. The van der Waals surface area contributed by atoms with E-state index in [4.69, 9.17) is 10.5 Å². The van der Waals surface area contributed by atoms with Gasteiger partial charge in [-0.25, -0.2) is 13.2 Å². The number of H-pyrrole nitrogens is 2. The van der Waals surface area contributed by atoms with E-state index in [2.05, 4.69) is 15.3 Å². The van der Waals surface area contributed by atoms with Crippen LogP contribution in [0.2, 0.25) is 0 Å². The fraction of sp³-hybridized carbons (Fsp3) is 0.417. The van der Waals surface area contributed by atoms with E-state index < -0.39 is 15.9 Å². The molecule has 4 aromatic rings. The maximum atomic E-state index is 13.7. The van der Waals surface area contributed by atoms with Crippen molar-refractivity contribution in [2.24, 2.45) is 23.5 Å². The molecular formula is C36H43N5O6S. The summed E-state index contributed by atoms with van der Waals surface area (Å²) in [5.74, 6) is -0.403. The van der Waals surface area contributed by atoms with Crippen LogP contribution in [0, 0.1) is 24.7 Å². The number of ketones is 1. The first-order chi connectivity index (χ1) is 23.1. The van der Waals surface area contributed by atoms with E-state index in [9.17, 15) is 22.8 Å². The molecule has 1 aliphatic carbocycles. The van der Waals surface area contributed by atoms with E-state index in [1.54, 1.807) is 30.3 Å². The number of hydrogen-bond acceptors (Lipinski definition) is 7. The van der Waals surface area contributed by atoms with E-state index in [0.29, 0.717) is 61.9 Å². The van der Waals surface area contributed by atoms with Crippen molar-refractivity contribution < 1.29 is 22.7 Å². The number of aromatic nitrogens is 2. The highest BCUT2D eigenvalue weighted by Gasteiger charge is 2.30. The van der Waals surface area contributed by atoms with Crippen LogP contribution in [-0.4, -0.2) is 67.2 Å². The molecule has 0 radical (unpaired) electrons. The summed E-state index contributed by atoms with van der Waals surface area (Å²) in [6, 6.07) is 18.1. The molecule has 2 heterocycles. The number of amides is 1. The van der Waals surface area contributed by atoms with E-state index in [-0.39, 0.29) is 34.6 Å². The van der Waals surface area contributed by atoms with Crippen molar-refractivity contribution in [3.05, 3.63) is 82.3 Å². The van der Waals surface area contributed by atoms with Gasteiger partial charge >= 0.3 is 5.69 Å². The van der Waals surface area contributed by atoms with Crippen LogP contribution in [-0.2, 0) is 30.8 Å². The standard InChI is InChI=1S/C36H43N5O6S/c1-23-2-12-30(48(45,46)41-14-16-47-17-15-41)21-31(23)26-7-3-24(4-8-26)18-28(19-34(42)27-9-5-25(22-37)6-10-27)35(43)38-29-11-13-32-33(20-29)40-36(44)39-32/h2-4,7-8,11-13,20-21,25,27-28H,5-6,9-10,14-19,22,37H2,1H3,(H,38,43)(H2,39,40,44)/t25?,27?,28-/m1/s1. The highest BCUT2D eigenvalue weighted by molar-refractivity contribution is 7.89. The second kappa shape index (κ2) is 14.6. The smallest absolute Gasteiger partial charge is 0.323 e. The molecule has 11 nitrogen and oxygen atoms in total. The summed E-state index contributed by atoms with van der Waals surface area (Å²) in [5.41, 5.74) is 10.8. The molecule has 6 rings (SSSR count). The zero-order chi connectivity index (χ0) is 33.8. The van der Waals surface area contributed by atoms with E-state index >= 15 is 0 Å². The Balaban J connectivity index is 1.21. The lowest BCUT2D eigenvalue weighted by molar-refractivity contribution is -0.129. The number of nitrogens with two attached hydrogens (primary N) is 1. The van der Waals surface area contributed by atoms with Crippen molar-refractivity contribution in [3.63, 3.8) is 0 Å². The number of sulfonamides is 1. The number of ether oxygens (including phenoxy) is 1. The summed E-state index contributed by atoms with van der Waals surface area (Å²) in [6.07, 6.45) is 3.91. The number of fused-ring (bicyclic) bond motifs is 1. The number of rotatable bonds is 11. The summed E-state index contributed by atoms with van der Waals surface area (Å²) in [7, 11) is -3.65. The van der Waals surface area contributed by atoms with Gasteiger partial charge < -0.3 is 25.8 Å². The average Bonchev–Trinajstić information content (AvgIpc) is 3.48. The minimum atomic E-state index is -3.65. The zero-order valence-corrected chi connectivity index (χ0v) is 28.0. The molecule has 1 atom stereocenters. The van der Waals surface area contributed by atoms with Gasteiger partial charge in [-0.2, -0.15) is 4.31 Å². The van der Waals surface area contributed by atoms with E-state index in [1.807, 2.05) is 37.3 Å². The van der Waals surface area contributed by atoms with E-state index in [0.717, 1.165) is 47.9 Å². The summed E-state index contributed by atoms with van der Waals surface area (Å²) in [4.78, 5) is 44.6. The first kappa shape index (κ1) is 33.8. The normalized spacial score (nSPS) is 19.6. The summed E-state index contributed by atoms with van der Waals surface area (Å²) in [5, 5.41) is 2.97. The highest BCUT2D eigenvalue weighted by atomic mass is 32.2. The Morgan fingerprint density at radius 2 is 1.67 bits per heavy atom. The third-order valence-corrected chi connectivity index (χ3v) is 11.7. The largest absolute Gasteiger partial charge is 0.379 e. The predicted octanol–water partition coefficient (Wildman–Crippen LogP) is 4.37. The number of carbonyl (C=O) groups is 2. The lowest BCUT2D eigenvalue weighted by Crippen LogP contribution is -2.40. The van der Waals surface area contributed by atoms with Gasteiger partial charge in [-0.05, 0) is 104 Å². The number of morpholine rings is 1. The van der Waals surface area contributed by atoms with Crippen molar-refractivity contribution in [3.8, 4) is 11.1 Å². The van der Waals surface area contributed by atoms with Crippen molar-refractivity contribution >= 4 is 38.4 Å². The molecule has 1 amide bonds. The Kier molecular flexibility index (Phi) is 10.3. The number of Topliss-reactive ketones (excluding diaryl/α,β-unsaturated/α-hetero) is 1. The minimum absolute atomic E-state index is 0.0734. The van der Waals surface area contributed by atoms with Gasteiger partial charge in [0.05, 0.1) is 29.1 Å². The first-order valence-corrected chi connectivity index (χ1v) is 18.1. The molecule has 1 saturated heterocycles. The molecule has 3 aromatic carbocycles. The van der Waals surface area contributed by atoms with Crippen LogP contribution in [0.5, 0.6) is 0 Å². The quantitative estimate of drug-likeness (QED) is 0.183. The number of benzene rings is 3. The molecule has 5 N–H and O–H groups in total. The molecular weight excluding hydrogens is 630 g/mol. The fourth-order valence-corrected chi connectivity index (χ4v) is 8.29. The Bertz CT molecular complexity index is 1940. The van der Waals surface area contributed by atoms with Gasteiger partial charge in [0.25, 0.3) is 0 Å². The number of aryl methyl sites for hydroxylation is 1. The minimum Gasteiger partial charge on any atom is -0.379 e. The number of hydrogen-bond donors (Lipinski definition) is 4. The highest BCUT2D eigenvalue weighted by Crippen LogP contribution is 2.32. The number of aromatic amines is 2. The Morgan fingerprint density at radius 1 is 0.958 bits per heavy atom. The van der Waals surface area contributed by atoms with Gasteiger partial charge in [0, 0.05) is 37.0 Å². The van der Waals surface area contributed by atoms with Gasteiger partial charge in [-0.15, -0.1) is 0 Å². The number of nitrogens with one attached hydrogen (secondary N) is 3. The van der Waals surface area contributed by atoms with Gasteiger partial charge in [-0.3, -0.25) is 9.59 Å². The summed E-state index contributed by atoms with van der Waals surface area (Å²) < 4.78 is 33.5. The Labute approximate surface area is 280 Å². The predicted molar refractivity (Wildman–Crippen MR) is 185 cm³/mol. The second-order valence-corrected chi connectivity index (χ2v) is 15.0. The summed E-state index contributed by atoms with van der Waals surface area (Å²) in [6.45, 7) is 3.98. The lowest BCUT2D eigenvalue weighted by Gasteiger charge is -2.27. The monoisotopic (exact) mass is 673 g/mol. The van der Waals surface area contributed by atoms with Crippen LogP contribution in [0.3, 0.4) is 0 Å². The molecule has 2 aliphatic rings. The molecule has 12 heteroatoms. The van der Waals surface area contributed by atoms with Crippen LogP contribution in [0.4, 0.5) is 5.69 Å². The summed E-state index contributed by atoms with van der Waals surface area (Å²) >= 11 is 0. The maximum absolute atomic E-state index is 13.7. The molecule has 1 saturated carbocycles. The van der Waals surface area contributed by atoms with E-state index in [1.165, 1.54) is 4.31 Å². The van der Waals surface area contributed by atoms with Crippen LogP contribution >= 0.6 is 0 Å². The van der Waals surface area contributed by atoms with Crippen LogP contribution in [0.15, 0.2) is 70.4 Å². The van der Waals surface area contributed by atoms with Crippen molar-refractivity contribution in [1.82, 2.24) is 14.3 Å². The van der Waals surface area contributed by atoms with Crippen LogP contribution in [0.25, 0.3) is 22.2 Å². The Morgan fingerprint density at radius 3 is 2.38 bits per heavy atom. The third kappa shape index (κ3) is 7.62. The Hall–Kier alpha value is -4.10.